The lowest BCUT2D eigenvalue weighted by Crippen LogP contribution is -2.36. The minimum atomic E-state index is -3.39. The Hall–Kier alpha value is -2.88. The monoisotopic (exact) mass is 724 g/mol. The van der Waals surface area contributed by atoms with Crippen LogP contribution in [-0.4, -0.2) is 74.6 Å². The van der Waals surface area contributed by atoms with E-state index in [1.807, 2.05) is 36.4 Å². The highest BCUT2D eigenvalue weighted by atomic mass is 32.2. The maximum Gasteiger partial charge on any atom is 0.229 e. The van der Waals surface area contributed by atoms with Gasteiger partial charge in [-0.2, -0.15) is 0 Å². The predicted octanol–water partition coefficient (Wildman–Crippen LogP) is 10.2. The maximum absolute atomic E-state index is 14.0. The number of sulfonamides is 1. The number of unbranched alkanes of at least 4 members (excludes halogenated alkanes) is 5. The highest BCUT2D eigenvalue weighted by Gasteiger charge is 2.32. The number of hydrogen-bond acceptors (Lipinski definition) is 6. The van der Waals surface area contributed by atoms with Crippen LogP contribution < -0.4 is 9.46 Å². The highest BCUT2D eigenvalue weighted by molar-refractivity contribution is 7.92. The van der Waals surface area contributed by atoms with Crippen molar-refractivity contribution in [3.63, 3.8) is 0 Å². The summed E-state index contributed by atoms with van der Waals surface area (Å²) in [4.78, 5) is 22.9. The second-order valence-corrected chi connectivity index (χ2v) is 16.1. The molecule has 2 N–H and O–H groups in total. The number of carbonyl (C=O) groups excluding carboxylic acids is 1. The van der Waals surface area contributed by atoms with Crippen molar-refractivity contribution in [1.29, 1.82) is 0 Å². The zero-order chi connectivity index (χ0) is 37.1. The molecule has 51 heavy (non-hydrogen) atoms. The lowest BCUT2D eigenvalue weighted by molar-refractivity contribution is 0.0855. The first-order valence-corrected chi connectivity index (χ1v) is 21.8. The van der Waals surface area contributed by atoms with Crippen molar-refractivity contribution in [2.45, 2.75) is 124 Å². The van der Waals surface area contributed by atoms with Crippen LogP contribution in [0.3, 0.4) is 0 Å². The molecule has 0 saturated carbocycles. The molecule has 2 aromatic carbocycles. The van der Waals surface area contributed by atoms with E-state index in [0.29, 0.717) is 18.7 Å². The molecule has 0 radical (unpaired) electrons. The van der Waals surface area contributed by atoms with Crippen LogP contribution in [0.1, 0.15) is 140 Å². The zero-order valence-corrected chi connectivity index (χ0v) is 33.5. The van der Waals surface area contributed by atoms with Gasteiger partial charge in [0.25, 0.3) is 0 Å². The number of carbonyl (C=O) groups is 1. The average molecular weight is 725 g/mol. The van der Waals surface area contributed by atoms with E-state index in [1.54, 1.807) is 6.07 Å². The molecule has 0 bridgehead atoms. The van der Waals surface area contributed by atoms with Gasteiger partial charge in [-0.3, -0.25) is 14.4 Å². The molecule has 9 heteroatoms. The van der Waals surface area contributed by atoms with Crippen LogP contribution in [0.4, 0.5) is 5.69 Å². The summed E-state index contributed by atoms with van der Waals surface area (Å²) in [6.07, 6.45) is 15.0. The number of Topliss-reactive ketones (excluding diaryl/α,β-unsaturated/α-hetero) is 1. The van der Waals surface area contributed by atoms with Crippen LogP contribution in [0.5, 0.6) is 5.75 Å². The minimum absolute atomic E-state index is 0.0362. The molecule has 0 aliphatic heterocycles. The molecule has 0 fully saturated rings. The molecule has 286 valence electrons. The van der Waals surface area contributed by atoms with E-state index in [9.17, 15) is 13.2 Å². The number of nitrogens with one attached hydrogen (secondary N) is 2. The number of ketones is 1. The van der Waals surface area contributed by atoms with Crippen molar-refractivity contribution in [2.75, 3.05) is 50.3 Å². The summed E-state index contributed by atoms with van der Waals surface area (Å²) in [5.41, 5.74) is 3.33. The Labute approximate surface area is 310 Å². The molecule has 3 rings (SSSR count). The number of H-pyrrole nitrogens is 1. The van der Waals surface area contributed by atoms with Gasteiger partial charge in [-0.25, -0.2) is 8.42 Å². The van der Waals surface area contributed by atoms with Crippen molar-refractivity contribution >= 4 is 32.4 Å². The van der Waals surface area contributed by atoms with E-state index in [-0.39, 0.29) is 17.7 Å². The molecular weight excluding hydrogens is 657 g/mol. The van der Waals surface area contributed by atoms with Crippen LogP contribution in [0.25, 0.3) is 10.9 Å². The normalized spacial score (nSPS) is 13.3. The summed E-state index contributed by atoms with van der Waals surface area (Å²) in [6, 6.07) is 15.6. The molecule has 1 heterocycles. The Morgan fingerprint density at radius 3 is 1.94 bits per heavy atom. The lowest BCUT2D eigenvalue weighted by Gasteiger charge is -2.37. The van der Waals surface area contributed by atoms with Gasteiger partial charge in [-0.05, 0) is 119 Å². The molecule has 3 aromatic rings. The van der Waals surface area contributed by atoms with Gasteiger partial charge in [0.05, 0.1) is 18.9 Å². The van der Waals surface area contributed by atoms with E-state index in [4.69, 9.17) is 4.74 Å². The molecule has 0 amide bonds. The van der Waals surface area contributed by atoms with Crippen LogP contribution in [-0.2, 0) is 10.0 Å². The minimum Gasteiger partial charge on any atom is -0.494 e. The largest absolute Gasteiger partial charge is 0.494 e. The number of ether oxygens (including phenoxy) is 1. The van der Waals surface area contributed by atoms with E-state index < -0.39 is 10.0 Å². The summed E-state index contributed by atoms with van der Waals surface area (Å²) in [5, 5.41) is 0.959. The smallest absolute Gasteiger partial charge is 0.229 e. The number of fused-ring (bicyclic) bond motifs is 1. The fourth-order valence-corrected chi connectivity index (χ4v) is 7.52. The summed E-state index contributed by atoms with van der Waals surface area (Å²) < 4.78 is 32.6. The summed E-state index contributed by atoms with van der Waals surface area (Å²) in [7, 11) is -3.39. The molecule has 0 aliphatic rings. The number of aromatic amines is 1. The Balaban J connectivity index is 1.82. The molecule has 2 atom stereocenters. The Morgan fingerprint density at radius 2 is 1.35 bits per heavy atom. The summed E-state index contributed by atoms with van der Waals surface area (Å²) in [6.45, 7) is 17.1. The van der Waals surface area contributed by atoms with Crippen LogP contribution >= 0.6 is 0 Å². The maximum atomic E-state index is 14.0. The fraction of sp³-hybridized carbons (Fsp3) is 0.643. The van der Waals surface area contributed by atoms with Crippen molar-refractivity contribution in [1.82, 2.24) is 14.8 Å². The second kappa shape index (κ2) is 22.9. The first-order valence-electron chi connectivity index (χ1n) is 19.9. The predicted molar refractivity (Wildman–Crippen MR) is 216 cm³/mol. The van der Waals surface area contributed by atoms with E-state index >= 15 is 0 Å². The summed E-state index contributed by atoms with van der Waals surface area (Å²) in [5.74, 6) is 1.10. The van der Waals surface area contributed by atoms with Crippen LogP contribution in [0.2, 0.25) is 0 Å². The number of hydrogen-bond donors (Lipinski definition) is 2. The van der Waals surface area contributed by atoms with E-state index in [2.05, 4.69) is 60.2 Å². The molecule has 8 nitrogen and oxygen atoms in total. The average Bonchev–Trinajstić information content (AvgIpc) is 3.52. The molecule has 1 aromatic heterocycles. The number of rotatable bonds is 28. The van der Waals surface area contributed by atoms with Gasteiger partial charge in [0.2, 0.25) is 10.0 Å². The van der Waals surface area contributed by atoms with Crippen LogP contribution in [0, 0.1) is 5.92 Å². The van der Waals surface area contributed by atoms with Gasteiger partial charge in [0.1, 0.15) is 5.75 Å². The van der Waals surface area contributed by atoms with Gasteiger partial charge < -0.3 is 14.6 Å². The number of anilines is 1. The SMILES string of the molecule is CCCCC(CC(=O)c1ccc(OCCCN(CCCC)CCCC)cc1)C(c1cc2cc(NS(C)(=O)=O)ccc2[nH]1)N(CCCC)CCCC. The standard InChI is InChI=1S/C42H68N4O4S/c1-7-12-18-35(33-41(47)34-19-22-38(23-20-34)50-30-17-27-45(25-13-8-2)26-14-9-3)42(46(28-15-10-4)29-16-11-5)40-32-36-31-37(44-51(6,48)49)21-24-39(36)43-40/h19-24,31-32,35,42-44H,7-18,25-30,33H2,1-6H3. The van der Waals surface area contributed by atoms with Crippen molar-refractivity contribution < 1.29 is 17.9 Å². The van der Waals surface area contributed by atoms with Gasteiger partial charge in [0.15, 0.2) is 5.78 Å². The van der Waals surface area contributed by atoms with Gasteiger partial charge in [0, 0.05) is 40.8 Å². The molecule has 0 saturated heterocycles. The first-order chi connectivity index (χ1) is 24.6. The van der Waals surface area contributed by atoms with Gasteiger partial charge in [-0.1, -0.05) is 73.1 Å². The lowest BCUT2D eigenvalue weighted by atomic mass is 9.84. The van der Waals surface area contributed by atoms with Crippen molar-refractivity contribution in [2.24, 2.45) is 5.92 Å². The quantitative estimate of drug-likeness (QED) is 0.0572. The number of benzene rings is 2. The molecule has 0 spiro atoms. The van der Waals surface area contributed by atoms with E-state index in [0.717, 1.165) is 112 Å². The highest BCUT2D eigenvalue weighted by Crippen LogP contribution is 2.37. The molecule has 2 unspecified atom stereocenters. The third-order valence-electron chi connectivity index (χ3n) is 9.80. The van der Waals surface area contributed by atoms with E-state index in [1.165, 1.54) is 31.9 Å². The second-order valence-electron chi connectivity index (χ2n) is 14.4. The fourth-order valence-electron chi connectivity index (χ4n) is 6.96. The van der Waals surface area contributed by atoms with Crippen LogP contribution in [0.15, 0.2) is 48.5 Å². The Morgan fingerprint density at radius 1 is 0.765 bits per heavy atom. The topological polar surface area (TPSA) is 94.7 Å². The third kappa shape index (κ3) is 14.9. The number of nitrogens with zero attached hydrogens (tertiary/aromatic N) is 2. The number of aromatic nitrogens is 1. The molecule has 0 aliphatic carbocycles. The van der Waals surface area contributed by atoms with Crippen molar-refractivity contribution in [3.8, 4) is 5.75 Å². The Kier molecular flexibility index (Phi) is 19.1. The summed E-state index contributed by atoms with van der Waals surface area (Å²) >= 11 is 0. The van der Waals surface area contributed by atoms with Gasteiger partial charge in [-0.15, -0.1) is 0 Å². The first kappa shape index (κ1) is 42.5. The third-order valence-corrected chi connectivity index (χ3v) is 10.4. The van der Waals surface area contributed by atoms with Crippen molar-refractivity contribution in [3.05, 3.63) is 59.8 Å². The Bertz CT molecular complexity index is 1510. The van der Waals surface area contributed by atoms with Gasteiger partial charge >= 0.3 is 0 Å². The zero-order valence-electron chi connectivity index (χ0n) is 32.6. The molecular formula is C42H68N4O4S.